The van der Waals surface area contributed by atoms with Gasteiger partial charge in [-0.15, -0.1) is 0 Å². The highest BCUT2D eigenvalue weighted by Gasteiger charge is 2.43. The predicted octanol–water partition coefficient (Wildman–Crippen LogP) is 1.63. The second-order valence-electron chi connectivity index (χ2n) is 8.47. The predicted molar refractivity (Wildman–Crippen MR) is 115 cm³/mol. The lowest BCUT2D eigenvalue weighted by molar-refractivity contribution is -0.179. The Balaban J connectivity index is 5.37. The van der Waals surface area contributed by atoms with E-state index in [1.165, 1.54) is 28.3 Å². The molecule has 0 saturated carbocycles. The number of carbonyl (C=O) groups excluding carboxylic acids is 3. The van der Waals surface area contributed by atoms with Gasteiger partial charge >= 0.3 is 17.9 Å². The van der Waals surface area contributed by atoms with Crippen molar-refractivity contribution in [2.45, 2.75) is 34.6 Å². The van der Waals surface area contributed by atoms with Crippen molar-refractivity contribution in [3.8, 4) is 0 Å². The number of ether oxygens (including phenoxy) is 7. The molecule has 0 aliphatic heterocycles. The maximum atomic E-state index is 12.8. The number of rotatable bonds is 17. The Hall–Kier alpha value is -1.75. The number of esters is 3. The van der Waals surface area contributed by atoms with Crippen molar-refractivity contribution in [2.24, 2.45) is 16.2 Å². The van der Waals surface area contributed by atoms with Crippen LogP contribution in [0.2, 0.25) is 0 Å². The summed E-state index contributed by atoms with van der Waals surface area (Å²) in [6, 6.07) is 0. The van der Waals surface area contributed by atoms with Crippen LogP contribution in [0.5, 0.6) is 0 Å². The van der Waals surface area contributed by atoms with Gasteiger partial charge in [0.2, 0.25) is 0 Å². The highest BCUT2D eigenvalue weighted by Crippen LogP contribution is 2.27. The van der Waals surface area contributed by atoms with E-state index >= 15 is 0 Å². The molecule has 0 spiro atoms. The minimum atomic E-state index is -1.42. The highest BCUT2D eigenvalue weighted by atomic mass is 16.6. The average Bonchev–Trinajstić information content (AvgIpc) is 2.77. The Bertz CT molecular complexity index is 577. The van der Waals surface area contributed by atoms with Crippen molar-refractivity contribution >= 4 is 17.9 Å². The van der Waals surface area contributed by atoms with Gasteiger partial charge in [0.05, 0.1) is 33.5 Å². The molecule has 10 nitrogen and oxygen atoms in total. The van der Waals surface area contributed by atoms with E-state index in [0.29, 0.717) is 13.2 Å². The maximum Gasteiger partial charge on any atom is 0.318 e. The van der Waals surface area contributed by atoms with E-state index in [2.05, 4.69) is 0 Å². The fraction of sp³-hybridized carbons (Fsp3) is 0.864. The van der Waals surface area contributed by atoms with Gasteiger partial charge in [-0.25, -0.2) is 0 Å². The van der Waals surface area contributed by atoms with Crippen LogP contribution >= 0.6 is 0 Å². The zero-order chi connectivity index (χ0) is 24.8. The Morgan fingerprint density at radius 3 is 1.22 bits per heavy atom. The van der Waals surface area contributed by atoms with Gasteiger partial charge in [0.1, 0.15) is 29.5 Å². The lowest BCUT2D eigenvalue weighted by atomic mass is 9.90. The van der Waals surface area contributed by atoms with Crippen LogP contribution < -0.4 is 0 Å². The van der Waals surface area contributed by atoms with Gasteiger partial charge < -0.3 is 33.2 Å². The summed E-state index contributed by atoms with van der Waals surface area (Å²) in [7, 11) is 4.12. The van der Waals surface area contributed by atoms with Crippen LogP contribution in [0.1, 0.15) is 34.6 Å². The van der Waals surface area contributed by atoms with Gasteiger partial charge in [-0.1, -0.05) is 0 Å². The van der Waals surface area contributed by atoms with Gasteiger partial charge in [0, 0.05) is 27.4 Å². The topological polar surface area (TPSA) is 116 Å². The van der Waals surface area contributed by atoms with E-state index in [1.54, 1.807) is 13.8 Å². The molecule has 0 rings (SSSR count). The van der Waals surface area contributed by atoms with E-state index in [4.69, 9.17) is 33.2 Å². The summed E-state index contributed by atoms with van der Waals surface area (Å²) in [5.74, 6) is -1.89. The zero-order valence-corrected chi connectivity index (χ0v) is 20.7. The van der Waals surface area contributed by atoms with Gasteiger partial charge in [-0.05, 0) is 34.6 Å². The summed E-state index contributed by atoms with van der Waals surface area (Å²) in [5.41, 5.74) is -3.54. The lowest BCUT2D eigenvalue weighted by Crippen LogP contribution is -2.46. The fourth-order valence-corrected chi connectivity index (χ4v) is 2.81. The first kappa shape index (κ1) is 30.2. The van der Waals surface area contributed by atoms with Crippen LogP contribution in [-0.2, 0) is 47.5 Å². The van der Waals surface area contributed by atoms with Crippen LogP contribution in [0.4, 0.5) is 0 Å². The first-order chi connectivity index (χ1) is 15.0. The number of hydrogen-bond donors (Lipinski definition) is 0. The summed E-state index contributed by atoms with van der Waals surface area (Å²) >= 11 is 0. The third-order valence-electron chi connectivity index (χ3n) is 4.88. The molecule has 0 aliphatic carbocycles. The fourth-order valence-electron chi connectivity index (χ4n) is 2.81. The number of hydrogen-bond acceptors (Lipinski definition) is 10. The molecule has 0 radical (unpaired) electrons. The molecule has 0 bridgehead atoms. The summed E-state index contributed by atoms with van der Waals surface area (Å²) in [5, 5.41) is 0. The lowest BCUT2D eigenvalue weighted by Gasteiger charge is -2.31. The zero-order valence-electron chi connectivity index (χ0n) is 20.7. The SMILES string of the molecule is CCOCC(C)(COCC)C(=O)OCC(C)(COC(=O)C(C)(COC)COC)C(=O)OC. The third kappa shape index (κ3) is 9.01. The smallest absolute Gasteiger partial charge is 0.318 e. The largest absolute Gasteiger partial charge is 0.468 e. The third-order valence-corrected chi connectivity index (χ3v) is 4.88. The Morgan fingerprint density at radius 1 is 0.562 bits per heavy atom. The first-order valence-corrected chi connectivity index (χ1v) is 10.5. The van der Waals surface area contributed by atoms with Crippen molar-refractivity contribution in [1.82, 2.24) is 0 Å². The van der Waals surface area contributed by atoms with Crippen LogP contribution in [0.15, 0.2) is 0 Å². The van der Waals surface area contributed by atoms with Crippen LogP contribution in [0.25, 0.3) is 0 Å². The molecule has 0 aromatic carbocycles. The van der Waals surface area contributed by atoms with E-state index in [-0.39, 0.29) is 39.6 Å². The molecule has 0 heterocycles. The van der Waals surface area contributed by atoms with E-state index < -0.39 is 34.2 Å². The number of methoxy groups -OCH3 is 3. The first-order valence-electron chi connectivity index (χ1n) is 10.5. The molecule has 1 unspecified atom stereocenters. The summed E-state index contributed by atoms with van der Waals surface area (Å²) in [6.45, 7) is 8.87. The highest BCUT2D eigenvalue weighted by molar-refractivity contribution is 5.80. The summed E-state index contributed by atoms with van der Waals surface area (Å²) < 4.78 is 36.7. The summed E-state index contributed by atoms with van der Waals surface area (Å²) in [4.78, 5) is 37.9. The van der Waals surface area contributed by atoms with E-state index in [1.807, 2.05) is 13.8 Å². The van der Waals surface area contributed by atoms with Crippen molar-refractivity contribution in [3.63, 3.8) is 0 Å². The minimum Gasteiger partial charge on any atom is -0.468 e. The molecule has 188 valence electrons. The second-order valence-corrected chi connectivity index (χ2v) is 8.47. The molecule has 0 amide bonds. The maximum absolute atomic E-state index is 12.8. The second kappa shape index (κ2) is 14.4. The van der Waals surface area contributed by atoms with Gasteiger partial charge in [-0.2, -0.15) is 0 Å². The van der Waals surface area contributed by atoms with Gasteiger partial charge in [-0.3, -0.25) is 14.4 Å². The van der Waals surface area contributed by atoms with Gasteiger partial charge in [0.15, 0.2) is 0 Å². The average molecular weight is 465 g/mol. The quantitative estimate of drug-likeness (QED) is 0.232. The van der Waals surface area contributed by atoms with Crippen LogP contribution in [0, 0.1) is 16.2 Å². The molecule has 10 heteroatoms. The molecule has 1 atom stereocenters. The standard InChI is InChI=1S/C22H40O10/c1-9-29-13-21(4,14-30-10-2)19(25)32-16-22(5,17(23)28-8)15-31-18(24)20(3,11-26-6)12-27-7/h9-16H2,1-8H3. The van der Waals surface area contributed by atoms with Gasteiger partial charge in [0.25, 0.3) is 0 Å². The molecular formula is C22H40O10. The summed E-state index contributed by atoms with van der Waals surface area (Å²) in [6.07, 6.45) is 0. The van der Waals surface area contributed by atoms with Crippen molar-refractivity contribution in [3.05, 3.63) is 0 Å². The molecule has 32 heavy (non-hydrogen) atoms. The van der Waals surface area contributed by atoms with Crippen LogP contribution in [0.3, 0.4) is 0 Å². The molecule has 0 aromatic heterocycles. The van der Waals surface area contributed by atoms with Crippen LogP contribution in [-0.4, -0.2) is 92.1 Å². The molecular weight excluding hydrogens is 424 g/mol. The van der Waals surface area contributed by atoms with Crippen molar-refractivity contribution in [2.75, 3.05) is 74.2 Å². The molecule has 0 aliphatic rings. The van der Waals surface area contributed by atoms with E-state index in [0.717, 1.165) is 0 Å². The van der Waals surface area contributed by atoms with Crippen molar-refractivity contribution in [1.29, 1.82) is 0 Å². The number of carbonyl (C=O) groups is 3. The Kier molecular flexibility index (Phi) is 13.6. The molecule has 0 N–H and O–H groups in total. The molecule has 0 saturated heterocycles. The molecule has 0 fully saturated rings. The van der Waals surface area contributed by atoms with E-state index in [9.17, 15) is 14.4 Å². The van der Waals surface area contributed by atoms with Crippen molar-refractivity contribution < 1.29 is 47.5 Å². The Morgan fingerprint density at radius 2 is 0.906 bits per heavy atom. The Labute approximate surface area is 191 Å². The minimum absolute atomic E-state index is 0.0663. The monoisotopic (exact) mass is 464 g/mol. The normalized spacial score (nSPS) is 13.9. The molecule has 0 aromatic rings.